The maximum atomic E-state index is 12.9. The number of piperidine rings is 1. The van der Waals surface area contributed by atoms with E-state index < -0.39 is 0 Å². The van der Waals surface area contributed by atoms with Crippen LogP contribution in [0.5, 0.6) is 0 Å². The van der Waals surface area contributed by atoms with Crippen LogP contribution in [0, 0.1) is 0 Å². The van der Waals surface area contributed by atoms with E-state index in [9.17, 15) is 9.59 Å². The fourth-order valence-corrected chi connectivity index (χ4v) is 3.57. The number of hydrogen-bond donors (Lipinski definition) is 1. The largest absolute Gasteiger partial charge is 0.352 e. The van der Waals surface area contributed by atoms with E-state index in [0.717, 1.165) is 23.5 Å². The molecule has 0 bridgehead atoms. The van der Waals surface area contributed by atoms with Crippen LogP contribution < -0.4 is 5.32 Å². The first-order valence-corrected chi connectivity index (χ1v) is 8.90. The predicted molar refractivity (Wildman–Crippen MR) is 89.7 cm³/mol. The minimum atomic E-state index is -0.0657. The molecule has 23 heavy (non-hydrogen) atoms. The van der Waals surface area contributed by atoms with Crippen molar-refractivity contribution in [3.8, 4) is 0 Å². The van der Waals surface area contributed by atoms with Crippen LogP contribution in [0.25, 0.3) is 5.52 Å². The SMILES string of the molecule is CSc1nc(C(=O)N2CCC[C@@H](NC(C)=O)C2)c2ccccn12. The Hall–Kier alpha value is -2.02. The second kappa shape index (κ2) is 6.62. The highest BCUT2D eigenvalue weighted by molar-refractivity contribution is 7.98. The summed E-state index contributed by atoms with van der Waals surface area (Å²) >= 11 is 1.52. The summed E-state index contributed by atoms with van der Waals surface area (Å²) in [4.78, 5) is 30.5. The monoisotopic (exact) mass is 332 g/mol. The first-order chi connectivity index (χ1) is 11.1. The molecule has 7 heteroatoms. The number of imidazole rings is 1. The van der Waals surface area contributed by atoms with E-state index in [-0.39, 0.29) is 17.9 Å². The number of rotatable bonds is 3. The number of likely N-dealkylation sites (tertiary alicyclic amines) is 1. The molecule has 0 radical (unpaired) electrons. The zero-order valence-electron chi connectivity index (χ0n) is 13.3. The molecule has 1 atom stereocenters. The predicted octanol–water partition coefficient (Wildman–Crippen LogP) is 1.80. The number of thioether (sulfide) groups is 1. The summed E-state index contributed by atoms with van der Waals surface area (Å²) in [5, 5.41) is 3.71. The van der Waals surface area contributed by atoms with E-state index >= 15 is 0 Å². The lowest BCUT2D eigenvalue weighted by Crippen LogP contribution is -2.49. The third-order valence-electron chi connectivity index (χ3n) is 4.02. The Kier molecular flexibility index (Phi) is 4.56. The Morgan fingerprint density at radius 3 is 2.96 bits per heavy atom. The number of nitrogens with zero attached hydrogens (tertiary/aromatic N) is 3. The number of carbonyl (C=O) groups is 2. The topological polar surface area (TPSA) is 66.7 Å². The first-order valence-electron chi connectivity index (χ1n) is 7.67. The van der Waals surface area contributed by atoms with Gasteiger partial charge in [-0.1, -0.05) is 17.8 Å². The lowest BCUT2D eigenvalue weighted by atomic mass is 10.1. The number of fused-ring (bicyclic) bond motifs is 1. The standard InChI is InChI=1S/C16H20N4O2S/c1-11(21)17-12-6-5-8-19(10-12)15(22)14-13-7-3-4-9-20(13)16(18-14)23-2/h3-4,7,9,12H,5-6,8,10H2,1-2H3,(H,17,21)/t12-/m1/s1. The van der Waals surface area contributed by atoms with Crippen LogP contribution in [0.15, 0.2) is 29.6 Å². The molecule has 6 nitrogen and oxygen atoms in total. The maximum Gasteiger partial charge on any atom is 0.274 e. The van der Waals surface area contributed by atoms with Crippen molar-refractivity contribution in [3.05, 3.63) is 30.1 Å². The summed E-state index contributed by atoms with van der Waals surface area (Å²) in [6, 6.07) is 5.78. The van der Waals surface area contributed by atoms with Crippen LogP contribution in [-0.4, -0.2) is 51.5 Å². The van der Waals surface area contributed by atoms with Gasteiger partial charge in [-0.3, -0.25) is 14.0 Å². The van der Waals surface area contributed by atoms with Gasteiger partial charge in [-0.15, -0.1) is 0 Å². The van der Waals surface area contributed by atoms with Crippen LogP contribution in [0.2, 0.25) is 0 Å². The molecule has 2 aromatic heterocycles. The van der Waals surface area contributed by atoms with Crippen LogP contribution in [-0.2, 0) is 4.79 Å². The van der Waals surface area contributed by atoms with Gasteiger partial charge < -0.3 is 10.2 Å². The van der Waals surface area contributed by atoms with Gasteiger partial charge in [0.2, 0.25) is 5.91 Å². The fourth-order valence-electron chi connectivity index (χ4n) is 3.03. The van der Waals surface area contributed by atoms with Gasteiger partial charge in [-0.2, -0.15) is 0 Å². The number of amides is 2. The molecule has 0 saturated carbocycles. The van der Waals surface area contributed by atoms with E-state index in [1.54, 1.807) is 4.90 Å². The summed E-state index contributed by atoms with van der Waals surface area (Å²) in [6.07, 6.45) is 5.66. The molecule has 0 aromatic carbocycles. The van der Waals surface area contributed by atoms with Gasteiger partial charge >= 0.3 is 0 Å². The van der Waals surface area contributed by atoms with Crippen molar-refractivity contribution in [1.29, 1.82) is 0 Å². The van der Waals surface area contributed by atoms with Gasteiger partial charge in [0.25, 0.3) is 5.91 Å². The summed E-state index contributed by atoms with van der Waals surface area (Å²) in [6.45, 7) is 2.75. The first kappa shape index (κ1) is 15.9. The molecule has 3 heterocycles. The molecule has 1 fully saturated rings. The highest BCUT2D eigenvalue weighted by Crippen LogP contribution is 2.22. The van der Waals surface area contributed by atoms with Gasteiger partial charge in [-0.05, 0) is 31.2 Å². The number of carbonyl (C=O) groups excluding carboxylic acids is 2. The zero-order chi connectivity index (χ0) is 16.4. The Balaban J connectivity index is 1.87. The molecule has 1 aliphatic rings. The molecule has 1 N–H and O–H groups in total. The van der Waals surface area contributed by atoms with Crippen molar-refractivity contribution in [2.75, 3.05) is 19.3 Å². The van der Waals surface area contributed by atoms with E-state index in [1.807, 2.05) is 35.1 Å². The number of hydrogen-bond acceptors (Lipinski definition) is 4. The average Bonchev–Trinajstić information content (AvgIpc) is 2.92. The normalized spacial score (nSPS) is 18.2. The lowest BCUT2D eigenvalue weighted by Gasteiger charge is -2.32. The van der Waals surface area contributed by atoms with Crippen molar-refractivity contribution in [2.45, 2.75) is 31.0 Å². The smallest absolute Gasteiger partial charge is 0.274 e. The molecule has 2 amide bonds. The number of aromatic nitrogens is 2. The Labute approximate surface area is 139 Å². The average molecular weight is 332 g/mol. The summed E-state index contributed by atoms with van der Waals surface area (Å²) < 4.78 is 1.94. The Morgan fingerprint density at radius 1 is 1.39 bits per heavy atom. The van der Waals surface area contributed by atoms with Gasteiger partial charge in [0.15, 0.2) is 10.9 Å². The number of pyridine rings is 1. The van der Waals surface area contributed by atoms with Crippen molar-refractivity contribution in [1.82, 2.24) is 19.6 Å². The number of nitrogens with one attached hydrogen (secondary N) is 1. The molecule has 122 valence electrons. The van der Waals surface area contributed by atoms with E-state index in [1.165, 1.54) is 18.7 Å². The molecule has 0 spiro atoms. The third kappa shape index (κ3) is 3.19. The van der Waals surface area contributed by atoms with Crippen LogP contribution in [0.4, 0.5) is 0 Å². The highest BCUT2D eigenvalue weighted by atomic mass is 32.2. The fraction of sp³-hybridized carbons (Fsp3) is 0.438. The summed E-state index contributed by atoms with van der Waals surface area (Å²) in [5.74, 6) is -0.120. The quantitative estimate of drug-likeness (QED) is 0.871. The van der Waals surface area contributed by atoms with Crippen molar-refractivity contribution >= 4 is 29.1 Å². The third-order valence-corrected chi connectivity index (χ3v) is 4.67. The van der Waals surface area contributed by atoms with Crippen molar-refractivity contribution in [3.63, 3.8) is 0 Å². The van der Waals surface area contributed by atoms with Crippen molar-refractivity contribution in [2.24, 2.45) is 0 Å². The van der Waals surface area contributed by atoms with E-state index in [4.69, 9.17) is 0 Å². The summed E-state index contributed by atoms with van der Waals surface area (Å²) in [7, 11) is 0. The minimum Gasteiger partial charge on any atom is -0.352 e. The van der Waals surface area contributed by atoms with E-state index in [0.29, 0.717) is 18.8 Å². The minimum absolute atomic E-state index is 0.0269. The molecule has 0 unspecified atom stereocenters. The second-order valence-electron chi connectivity index (χ2n) is 5.69. The van der Waals surface area contributed by atoms with Crippen LogP contribution in [0.1, 0.15) is 30.3 Å². The van der Waals surface area contributed by atoms with Crippen molar-refractivity contribution < 1.29 is 9.59 Å². The van der Waals surface area contributed by atoms with Gasteiger partial charge in [0, 0.05) is 32.3 Å². The molecular formula is C16H20N4O2S. The van der Waals surface area contributed by atoms with Gasteiger partial charge in [0.05, 0.1) is 5.52 Å². The van der Waals surface area contributed by atoms with Crippen LogP contribution >= 0.6 is 11.8 Å². The summed E-state index contributed by atoms with van der Waals surface area (Å²) in [5.41, 5.74) is 1.31. The molecule has 3 rings (SSSR count). The molecule has 1 aliphatic heterocycles. The van der Waals surface area contributed by atoms with Gasteiger partial charge in [0.1, 0.15) is 0 Å². The molecule has 1 saturated heterocycles. The lowest BCUT2D eigenvalue weighted by molar-refractivity contribution is -0.120. The zero-order valence-corrected chi connectivity index (χ0v) is 14.1. The highest BCUT2D eigenvalue weighted by Gasteiger charge is 2.28. The van der Waals surface area contributed by atoms with E-state index in [2.05, 4.69) is 10.3 Å². The Morgan fingerprint density at radius 2 is 2.22 bits per heavy atom. The molecular weight excluding hydrogens is 312 g/mol. The second-order valence-corrected chi connectivity index (χ2v) is 6.47. The van der Waals surface area contributed by atoms with Gasteiger partial charge in [-0.25, -0.2) is 4.98 Å². The van der Waals surface area contributed by atoms with Crippen LogP contribution in [0.3, 0.4) is 0 Å². The maximum absolute atomic E-state index is 12.9. The Bertz CT molecular complexity index is 743. The molecule has 2 aromatic rings. The molecule has 0 aliphatic carbocycles.